The minimum absolute atomic E-state index is 0.0628. The van der Waals surface area contributed by atoms with Gasteiger partial charge in [0.1, 0.15) is 23.3 Å². The Morgan fingerprint density at radius 3 is 2.44 bits per heavy atom. The zero-order valence-electron chi connectivity index (χ0n) is 13.6. The number of rotatable bonds is 3. The van der Waals surface area contributed by atoms with Gasteiger partial charge in [-0.3, -0.25) is 0 Å². The van der Waals surface area contributed by atoms with Gasteiger partial charge in [-0.25, -0.2) is 9.37 Å². The normalized spacial score (nSPS) is 10.5. The van der Waals surface area contributed by atoms with E-state index in [2.05, 4.69) is 11.1 Å². The molecule has 3 nitrogen and oxygen atoms in total. The van der Waals surface area contributed by atoms with E-state index in [1.54, 1.807) is 6.07 Å². The highest BCUT2D eigenvalue weighted by Crippen LogP contribution is 2.40. The lowest BCUT2D eigenvalue weighted by molar-refractivity contribution is 0.631. The van der Waals surface area contributed by atoms with Gasteiger partial charge in [-0.15, -0.1) is 0 Å². The van der Waals surface area contributed by atoms with Crippen LogP contribution in [0.1, 0.15) is 18.1 Å². The van der Waals surface area contributed by atoms with E-state index < -0.39 is 5.82 Å². The van der Waals surface area contributed by atoms with Gasteiger partial charge in [-0.2, -0.15) is 5.26 Å². The molecule has 0 spiro atoms. The first-order valence-electron chi connectivity index (χ1n) is 7.80. The van der Waals surface area contributed by atoms with Crippen molar-refractivity contribution < 1.29 is 4.39 Å². The zero-order chi connectivity index (χ0) is 18.0. The average Bonchev–Trinajstić information content (AvgIpc) is 2.62. The number of nitrogens with two attached hydrogens (primary N) is 1. The Kier molecular flexibility index (Phi) is 4.69. The van der Waals surface area contributed by atoms with Gasteiger partial charge in [0.2, 0.25) is 0 Å². The molecule has 0 amide bonds. The topological polar surface area (TPSA) is 62.7 Å². The molecule has 2 N–H and O–H groups in total. The maximum absolute atomic E-state index is 14.6. The molecule has 3 aromatic rings. The number of hydrogen-bond donors (Lipinski definition) is 1. The van der Waals surface area contributed by atoms with E-state index >= 15 is 0 Å². The second-order valence-electron chi connectivity index (χ2n) is 5.50. The number of nitriles is 1. The van der Waals surface area contributed by atoms with E-state index in [4.69, 9.17) is 17.3 Å². The molecule has 3 rings (SSSR count). The highest BCUT2D eigenvalue weighted by Gasteiger charge is 2.23. The second-order valence-corrected chi connectivity index (χ2v) is 5.91. The number of hydrogen-bond acceptors (Lipinski definition) is 3. The Morgan fingerprint density at radius 2 is 1.84 bits per heavy atom. The molecule has 0 saturated heterocycles. The molecule has 0 radical (unpaired) electrons. The Morgan fingerprint density at radius 1 is 1.12 bits per heavy atom. The largest absolute Gasteiger partial charge is 0.383 e. The van der Waals surface area contributed by atoms with Crippen molar-refractivity contribution in [1.29, 1.82) is 5.26 Å². The second kappa shape index (κ2) is 6.92. The van der Waals surface area contributed by atoms with Crippen molar-refractivity contribution >= 4 is 17.4 Å². The fraction of sp³-hybridized carbons (Fsp3) is 0.100. The van der Waals surface area contributed by atoms with Crippen LogP contribution in [0.2, 0.25) is 5.02 Å². The summed E-state index contributed by atoms with van der Waals surface area (Å²) in [5.41, 5.74) is 9.00. The van der Waals surface area contributed by atoms with E-state index in [-0.39, 0.29) is 22.0 Å². The van der Waals surface area contributed by atoms with E-state index in [0.717, 1.165) is 11.1 Å². The van der Waals surface area contributed by atoms with Crippen molar-refractivity contribution in [3.05, 3.63) is 70.5 Å². The summed E-state index contributed by atoms with van der Waals surface area (Å²) in [7, 11) is 0. The van der Waals surface area contributed by atoms with Gasteiger partial charge in [0.05, 0.1) is 10.7 Å². The lowest BCUT2D eigenvalue weighted by Gasteiger charge is -2.18. The van der Waals surface area contributed by atoms with E-state index in [0.29, 0.717) is 17.7 Å². The minimum Gasteiger partial charge on any atom is -0.383 e. The number of halogens is 2. The van der Waals surface area contributed by atoms with Crippen molar-refractivity contribution in [2.75, 3.05) is 5.73 Å². The maximum atomic E-state index is 14.6. The fourth-order valence-corrected chi connectivity index (χ4v) is 3.20. The van der Waals surface area contributed by atoms with Crippen molar-refractivity contribution in [1.82, 2.24) is 4.98 Å². The van der Waals surface area contributed by atoms with Crippen LogP contribution in [0.5, 0.6) is 0 Å². The lowest BCUT2D eigenvalue weighted by Crippen LogP contribution is -2.06. The first kappa shape index (κ1) is 16.9. The first-order chi connectivity index (χ1) is 12.1. The predicted octanol–water partition coefficient (Wildman–Crippen LogP) is 5.22. The molecule has 0 saturated carbocycles. The Labute approximate surface area is 150 Å². The minimum atomic E-state index is -0.497. The molecule has 0 bridgehead atoms. The summed E-state index contributed by atoms with van der Waals surface area (Å²) in [4.78, 5) is 4.42. The number of anilines is 1. The van der Waals surface area contributed by atoms with Crippen molar-refractivity contribution in [2.24, 2.45) is 0 Å². The molecular formula is C20H15ClFN3. The van der Waals surface area contributed by atoms with Gasteiger partial charge in [-0.05, 0) is 24.1 Å². The lowest BCUT2D eigenvalue weighted by atomic mass is 9.90. The quantitative estimate of drug-likeness (QED) is 0.703. The summed E-state index contributed by atoms with van der Waals surface area (Å²) in [6, 6.07) is 16.0. The number of benzene rings is 2. The number of nitrogen functional groups attached to an aromatic ring is 1. The Bertz CT molecular complexity index is 958. The van der Waals surface area contributed by atoms with Crippen LogP contribution in [-0.4, -0.2) is 4.98 Å². The molecular weight excluding hydrogens is 337 g/mol. The van der Waals surface area contributed by atoms with Gasteiger partial charge in [0, 0.05) is 16.7 Å². The molecule has 0 aliphatic rings. The van der Waals surface area contributed by atoms with Gasteiger partial charge in [0.15, 0.2) is 0 Å². The van der Waals surface area contributed by atoms with Crippen LogP contribution >= 0.6 is 11.6 Å². The number of aromatic nitrogens is 1. The molecule has 124 valence electrons. The molecule has 1 aromatic heterocycles. The summed E-state index contributed by atoms with van der Waals surface area (Å²) in [5, 5.41) is 9.82. The van der Waals surface area contributed by atoms with E-state index in [1.807, 2.05) is 37.3 Å². The number of nitrogens with zero attached hydrogens (tertiary/aromatic N) is 2. The summed E-state index contributed by atoms with van der Waals surface area (Å²) >= 11 is 6.26. The van der Waals surface area contributed by atoms with Crippen LogP contribution in [0, 0.1) is 17.1 Å². The Balaban J connectivity index is 2.46. The first-order valence-corrected chi connectivity index (χ1v) is 8.18. The smallest absolute Gasteiger partial charge is 0.142 e. The maximum Gasteiger partial charge on any atom is 0.142 e. The molecule has 0 unspecified atom stereocenters. The third kappa shape index (κ3) is 2.95. The highest BCUT2D eigenvalue weighted by molar-refractivity contribution is 6.33. The predicted molar refractivity (Wildman–Crippen MR) is 98.6 cm³/mol. The molecule has 25 heavy (non-hydrogen) atoms. The summed E-state index contributed by atoms with van der Waals surface area (Å²) < 4.78 is 14.6. The van der Waals surface area contributed by atoms with Gasteiger partial charge in [-0.1, -0.05) is 54.9 Å². The van der Waals surface area contributed by atoms with E-state index in [9.17, 15) is 9.65 Å². The third-order valence-electron chi connectivity index (χ3n) is 4.05. The zero-order valence-corrected chi connectivity index (χ0v) is 14.3. The van der Waals surface area contributed by atoms with Crippen molar-refractivity contribution in [3.8, 4) is 28.5 Å². The average molecular weight is 352 g/mol. The molecule has 1 heterocycles. The molecule has 0 aliphatic heterocycles. The Hall–Kier alpha value is -2.90. The summed E-state index contributed by atoms with van der Waals surface area (Å²) in [5.74, 6) is -0.434. The van der Waals surface area contributed by atoms with Crippen molar-refractivity contribution in [3.63, 3.8) is 0 Å². The molecule has 0 atom stereocenters. The monoisotopic (exact) mass is 351 g/mol. The molecule has 0 fully saturated rings. The van der Waals surface area contributed by atoms with Gasteiger partial charge >= 0.3 is 0 Å². The number of pyridine rings is 1. The fourth-order valence-electron chi connectivity index (χ4n) is 2.95. The summed E-state index contributed by atoms with van der Waals surface area (Å²) in [6.07, 6.45) is 0.548. The van der Waals surface area contributed by atoms with Crippen LogP contribution in [0.15, 0.2) is 48.5 Å². The third-order valence-corrected chi connectivity index (χ3v) is 4.37. The molecule has 2 aromatic carbocycles. The van der Waals surface area contributed by atoms with Crippen LogP contribution in [0.3, 0.4) is 0 Å². The molecule has 5 heteroatoms. The van der Waals surface area contributed by atoms with Crippen molar-refractivity contribution in [2.45, 2.75) is 13.3 Å². The van der Waals surface area contributed by atoms with Gasteiger partial charge in [0.25, 0.3) is 0 Å². The summed E-state index contributed by atoms with van der Waals surface area (Å²) in [6.45, 7) is 1.93. The van der Waals surface area contributed by atoms with Crippen LogP contribution in [-0.2, 0) is 6.42 Å². The van der Waals surface area contributed by atoms with Crippen LogP contribution in [0.4, 0.5) is 10.2 Å². The van der Waals surface area contributed by atoms with Crippen LogP contribution in [0.25, 0.3) is 22.4 Å². The van der Waals surface area contributed by atoms with E-state index in [1.165, 1.54) is 12.1 Å². The van der Waals surface area contributed by atoms with Crippen LogP contribution < -0.4 is 5.73 Å². The standard InChI is InChI=1S/C20H15ClFN3/c1-2-13-17(18-15(21)9-6-10-16(18)22)14(11-23)20(24)25-19(13)12-7-4-3-5-8-12/h3-10H,2H2,1H3,(H2,24,25). The molecule has 0 aliphatic carbocycles. The van der Waals surface area contributed by atoms with Gasteiger partial charge < -0.3 is 5.73 Å². The SMILES string of the molecule is CCc1c(-c2ccccc2)nc(N)c(C#N)c1-c1c(F)cccc1Cl. The highest BCUT2D eigenvalue weighted by atomic mass is 35.5.